The molecule has 0 aliphatic carbocycles. The van der Waals surface area contributed by atoms with Crippen LogP contribution in [0.2, 0.25) is 0 Å². The summed E-state index contributed by atoms with van der Waals surface area (Å²) in [6.45, 7) is 6.31. The van der Waals surface area contributed by atoms with Crippen molar-refractivity contribution in [2.45, 2.75) is 64.0 Å². The lowest BCUT2D eigenvalue weighted by atomic mass is 10.0. The minimum absolute atomic E-state index is 0.365. The van der Waals surface area contributed by atoms with Gasteiger partial charge in [0, 0.05) is 31.6 Å². The highest BCUT2D eigenvalue weighted by atomic mass is 16.2. The first-order valence-corrected chi connectivity index (χ1v) is 7.98. The fraction of sp³-hybridized carbons (Fsp3) is 0.933. The van der Waals surface area contributed by atoms with Crippen LogP contribution in [0.25, 0.3) is 0 Å². The summed E-state index contributed by atoms with van der Waals surface area (Å²) >= 11 is 0. The number of amides is 1. The molecule has 1 amide bonds. The molecule has 4 heteroatoms. The Balaban J connectivity index is 1.72. The first-order valence-electron chi connectivity index (χ1n) is 7.98. The molecule has 0 aromatic heterocycles. The number of rotatable bonds is 5. The quantitative estimate of drug-likeness (QED) is 0.770. The van der Waals surface area contributed by atoms with Crippen molar-refractivity contribution in [3.05, 3.63) is 0 Å². The topological polar surface area (TPSA) is 49.6 Å². The van der Waals surface area contributed by atoms with Crippen LogP contribution < -0.4 is 5.73 Å². The molecule has 0 spiro atoms. The molecule has 2 saturated heterocycles. The zero-order chi connectivity index (χ0) is 13.7. The van der Waals surface area contributed by atoms with E-state index < -0.39 is 0 Å². The van der Waals surface area contributed by atoms with Gasteiger partial charge in [-0.15, -0.1) is 0 Å². The van der Waals surface area contributed by atoms with Gasteiger partial charge in [-0.2, -0.15) is 0 Å². The van der Waals surface area contributed by atoms with E-state index >= 15 is 0 Å². The molecule has 0 aromatic carbocycles. The Kier molecular flexibility index (Phi) is 5.64. The monoisotopic (exact) mass is 267 g/mol. The third kappa shape index (κ3) is 4.18. The zero-order valence-electron chi connectivity index (χ0n) is 12.3. The number of hydrogen-bond acceptors (Lipinski definition) is 3. The second-order valence-corrected chi connectivity index (χ2v) is 6.11. The van der Waals surface area contributed by atoms with Gasteiger partial charge in [-0.05, 0) is 38.8 Å². The van der Waals surface area contributed by atoms with Gasteiger partial charge in [0.1, 0.15) is 0 Å². The van der Waals surface area contributed by atoms with Crippen molar-refractivity contribution in [2.24, 2.45) is 5.73 Å². The number of carbonyl (C=O) groups is 1. The van der Waals surface area contributed by atoms with E-state index in [0.717, 1.165) is 58.3 Å². The Morgan fingerprint density at radius 1 is 1.16 bits per heavy atom. The van der Waals surface area contributed by atoms with Gasteiger partial charge >= 0.3 is 0 Å². The summed E-state index contributed by atoms with van der Waals surface area (Å²) in [6.07, 6.45) is 7.52. The minimum Gasteiger partial charge on any atom is -0.341 e. The molecular weight excluding hydrogens is 238 g/mol. The van der Waals surface area contributed by atoms with E-state index in [4.69, 9.17) is 5.73 Å². The largest absolute Gasteiger partial charge is 0.341 e. The third-order valence-corrected chi connectivity index (χ3v) is 4.60. The van der Waals surface area contributed by atoms with Gasteiger partial charge in [-0.25, -0.2) is 0 Å². The molecule has 4 nitrogen and oxygen atoms in total. The van der Waals surface area contributed by atoms with Crippen molar-refractivity contribution in [3.63, 3.8) is 0 Å². The van der Waals surface area contributed by atoms with Crippen molar-refractivity contribution in [3.8, 4) is 0 Å². The summed E-state index contributed by atoms with van der Waals surface area (Å²) in [5.41, 5.74) is 5.95. The summed E-state index contributed by atoms with van der Waals surface area (Å²) in [5.74, 6) is 0.365. The molecule has 0 radical (unpaired) electrons. The number of hydrogen-bond donors (Lipinski definition) is 1. The Morgan fingerprint density at radius 2 is 1.89 bits per heavy atom. The minimum atomic E-state index is 0.365. The van der Waals surface area contributed by atoms with Crippen LogP contribution in [0.3, 0.4) is 0 Å². The summed E-state index contributed by atoms with van der Waals surface area (Å²) < 4.78 is 0. The van der Waals surface area contributed by atoms with E-state index in [2.05, 4.69) is 16.7 Å². The van der Waals surface area contributed by atoms with Crippen LogP contribution in [-0.2, 0) is 4.79 Å². The average Bonchev–Trinajstić information content (AvgIpc) is 2.89. The van der Waals surface area contributed by atoms with Crippen LogP contribution in [0.1, 0.15) is 51.9 Å². The SMILES string of the molecule is CCCCCC(=O)N1CCC(N2CCC(N)CC2)C1. The maximum Gasteiger partial charge on any atom is 0.222 e. The maximum absolute atomic E-state index is 12.1. The van der Waals surface area contributed by atoms with Gasteiger partial charge in [-0.1, -0.05) is 19.8 Å². The maximum atomic E-state index is 12.1. The van der Waals surface area contributed by atoms with Crippen molar-refractivity contribution in [1.29, 1.82) is 0 Å². The smallest absolute Gasteiger partial charge is 0.222 e. The molecule has 110 valence electrons. The van der Waals surface area contributed by atoms with E-state index in [1.165, 1.54) is 12.8 Å². The van der Waals surface area contributed by atoms with Crippen LogP contribution >= 0.6 is 0 Å². The molecule has 2 rings (SSSR count). The van der Waals surface area contributed by atoms with Gasteiger partial charge in [0.05, 0.1) is 0 Å². The molecule has 19 heavy (non-hydrogen) atoms. The van der Waals surface area contributed by atoms with Crippen LogP contribution in [0.5, 0.6) is 0 Å². The Morgan fingerprint density at radius 3 is 2.58 bits per heavy atom. The third-order valence-electron chi connectivity index (χ3n) is 4.60. The van der Waals surface area contributed by atoms with Gasteiger partial charge in [0.25, 0.3) is 0 Å². The first kappa shape index (κ1) is 14.8. The van der Waals surface area contributed by atoms with E-state index in [1.54, 1.807) is 0 Å². The van der Waals surface area contributed by atoms with Gasteiger partial charge < -0.3 is 10.6 Å². The molecule has 0 saturated carbocycles. The molecule has 2 fully saturated rings. The Bertz CT molecular complexity index is 287. The predicted molar refractivity (Wildman–Crippen MR) is 77.9 cm³/mol. The van der Waals surface area contributed by atoms with Gasteiger partial charge in [0.2, 0.25) is 5.91 Å². The molecule has 1 unspecified atom stereocenters. The Labute approximate surface area is 117 Å². The predicted octanol–water partition coefficient (Wildman–Crippen LogP) is 1.59. The lowest BCUT2D eigenvalue weighted by Gasteiger charge is -2.34. The van der Waals surface area contributed by atoms with Crippen LogP contribution in [-0.4, -0.2) is 54.0 Å². The number of nitrogens with two attached hydrogens (primary N) is 1. The van der Waals surface area contributed by atoms with Crippen LogP contribution in [0.15, 0.2) is 0 Å². The Hall–Kier alpha value is -0.610. The second kappa shape index (κ2) is 7.25. The highest BCUT2D eigenvalue weighted by Crippen LogP contribution is 2.20. The summed E-state index contributed by atoms with van der Waals surface area (Å²) in [7, 11) is 0. The summed E-state index contributed by atoms with van der Waals surface area (Å²) in [5, 5.41) is 0. The standard InChI is InChI=1S/C15H29N3O/c1-2-3-4-5-15(19)18-11-8-14(12-18)17-9-6-13(16)7-10-17/h13-14H,2-12,16H2,1H3. The highest BCUT2D eigenvalue weighted by molar-refractivity contribution is 5.76. The molecule has 0 aromatic rings. The van der Waals surface area contributed by atoms with Gasteiger partial charge in [0.15, 0.2) is 0 Å². The van der Waals surface area contributed by atoms with E-state index in [-0.39, 0.29) is 0 Å². The normalized spacial score (nSPS) is 26.0. The number of unbranched alkanes of at least 4 members (excludes halogenated alkanes) is 2. The zero-order valence-corrected chi connectivity index (χ0v) is 12.3. The summed E-state index contributed by atoms with van der Waals surface area (Å²) in [4.78, 5) is 16.7. The summed E-state index contributed by atoms with van der Waals surface area (Å²) in [6, 6.07) is 0.979. The van der Waals surface area contributed by atoms with E-state index in [9.17, 15) is 4.79 Å². The molecule has 2 aliphatic heterocycles. The van der Waals surface area contributed by atoms with Crippen molar-refractivity contribution < 1.29 is 4.79 Å². The van der Waals surface area contributed by atoms with Crippen LogP contribution in [0.4, 0.5) is 0 Å². The lowest BCUT2D eigenvalue weighted by Crippen LogP contribution is -2.46. The second-order valence-electron chi connectivity index (χ2n) is 6.11. The fourth-order valence-corrected chi connectivity index (χ4v) is 3.24. The number of nitrogens with zero attached hydrogens (tertiary/aromatic N) is 2. The number of piperidine rings is 1. The van der Waals surface area contributed by atoms with Crippen molar-refractivity contribution in [1.82, 2.24) is 9.80 Å². The lowest BCUT2D eigenvalue weighted by molar-refractivity contribution is -0.130. The van der Waals surface area contributed by atoms with E-state index in [0.29, 0.717) is 18.0 Å². The number of carbonyl (C=O) groups excluding carboxylic acids is 1. The van der Waals surface area contributed by atoms with Crippen molar-refractivity contribution >= 4 is 5.91 Å². The molecular formula is C15H29N3O. The molecule has 2 aliphatic rings. The molecule has 2 heterocycles. The molecule has 0 bridgehead atoms. The van der Waals surface area contributed by atoms with Crippen molar-refractivity contribution in [2.75, 3.05) is 26.2 Å². The fourth-order valence-electron chi connectivity index (χ4n) is 3.24. The first-order chi connectivity index (χ1) is 9.20. The number of likely N-dealkylation sites (tertiary alicyclic amines) is 2. The van der Waals surface area contributed by atoms with Crippen LogP contribution in [0, 0.1) is 0 Å². The van der Waals surface area contributed by atoms with Gasteiger partial charge in [-0.3, -0.25) is 9.69 Å². The van der Waals surface area contributed by atoms with E-state index in [1.807, 2.05) is 0 Å². The molecule has 2 N–H and O–H groups in total. The molecule has 1 atom stereocenters. The average molecular weight is 267 g/mol. The highest BCUT2D eigenvalue weighted by Gasteiger charge is 2.31.